The Hall–Kier alpha value is -3.22. The fourth-order valence-electron chi connectivity index (χ4n) is 2.68. The molecule has 0 radical (unpaired) electrons. The van der Waals surface area contributed by atoms with Crippen LogP contribution in [0.2, 0.25) is 0 Å². The molecule has 1 aliphatic rings. The molecular formula is C17H14FN3O3. The summed E-state index contributed by atoms with van der Waals surface area (Å²) in [7, 11) is 0. The summed E-state index contributed by atoms with van der Waals surface area (Å²) in [5.74, 6) is -1.81. The summed E-state index contributed by atoms with van der Waals surface area (Å²) in [6, 6.07) is 6.98. The van der Waals surface area contributed by atoms with Crippen LogP contribution < -0.4 is 10.6 Å². The van der Waals surface area contributed by atoms with E-state index in [2.05, 4.69) is 0 Å². The predicted octanol–water partition coefficient (Wildman–Crippen LogP) is 1.98. The van der Waals surface area contributed by atoms with Gasteiger partial charge in [0, 0.05) is 17.1 Å². The van der Waals surface area contributed by atoms with Crippen LogP contribution in [0.5, 0.6) is 0 Å². The van der Waals surface area contributed by atoms with E-state index in [0.29, 0.717) is 5.56 Å². The number of amides is 4. The summed E-state index contributed by atoms with van der Waals surface area (Å²) < 4.78 is 15.0. The van der Waals surface area contributed by atoms with E-state index in [1.807, 2.05) is 35.1 Å². The average molecular weight is 327 g/mol. The molecule has 1 fully saturated rings. The minimum Gasteiger partial charge on any atom is -0.318 e. The first kappa shape index (κ1) is 15.7. The predicted molar refractivity (Wildman–Crippen MR) is 84.9 cm³/mol. The fraction of sp³-hybridized carbons (Fsp3) is 0.118. The van der Waals surface area contributed by atoms with Crippen molar-refractivity contribution in [1.82, 2.24) is 15.2 Å². The number of carbonyl (C=O) groups excluding carboxylic acids is 3. The van der Waals surface area contributed by atoms with Gasteiger partial charge in [-0.2, -0.15) is 0 Å². The van der Waals surface area contributed by atoms with Gasteiger partial charge >= 0.3 is 6.03 Å². The van der Waals surface area contributed by atoms with Crippen LogP contribution in [0, 0.1) is 19.7 Å². The van der Waals surface area contributed by atoms with Gasteiger partial charge in [0.25, 0.3) is 11.8 Å². The maximum atomic E-state index is 13.1. The Morgan fingerprint density at radius 2 is 1.58 bits per heavy atom. The SMILES string of the molecule is Cc1cc(C=C2C(=O)NC(=O)NC2=O)c(C)n1-c1ccc(F)cc1. The molecule has 0 unspecified atom stereocenters. The van der Waals surface area contributed by atoms with E-state index >= 15 is 0 Å². The van der Waals surface area contributed by atoms with Crippen molar-refractivity contribution in [2.24, 2.45) is 0 Å². The van der Waals surface area contributed by atoms with E-state index in [9.17, 15) is 18.8 Å². The van der Waals surface area contributed by atoms with Gasteiger partial charge in [-0.15, -0.1) is 0 Å². The molecule has 2 N–H and O–H groups in total. The zero-order valence-corrected chi connectivity index (χ0v) is 13.0. The van der Waals surface area contributed by atoms with Gasteiger partial charge in [-0.25, -0.2) is 9.18 Å². The van der Waals surface area contributed by atoms with Crippen molar-refractivity contribution in [2.45, 2.75) is 13.8 Å². The van der Waals surface area contributed by atoms with Gasteiger partial charge in [0.15, 0.2) is 0 Å². The van der Waals surface area contributed by atoms with Crippen LogP contribution in [-0.4, -0.2) is 22.4 Å². The number of rotatable bonds is 2. The molecule has 1 saturated heterocycles. The number of aryl methyl sites for hydroxylation is 1. The minimum absolute atomic E-state index is 0.144. The largest absolute Gasteiger partial charge is 0.328 e. The smallest absolute Gasteiger partial charge is 0.318 e. The molecule has 0 saturated carbocycles. The highest BCUT2D eigenvalue weighted by Crippen LogP contribution is 2.23. The Kier molecular flexibility index (Phi) is 3.76. The number of hydrogen-bond acceptors (Lipinski definition) is 3. The van der Waals surface area contributed by atoms with E-state index in [1.54, 1.807) is 12.1 Å². The zero-order chi connectivity index (χ0) is 17.4. The van der Waals surface area contributed by atoms with Crippen molar-refractivity contribution in [3.05, 3.63) is 58.7 Å². The molecule has 3 rings (SSSR count). The molecule has 1 aliphatic heterocycles. The van der Waals surface area contributed by atoms with Gasteiger partial charge in [0.2, 0.25) is 0 Å². The molecule has 1 aromatic heterocycles. The first-order valence-electron chi connectivity index (χ1n) is 7.20. The van der Waals surface area contributed by atoms with Crippen molar-refractivity contribution in [2.75, 3.05) is 0 Å². The fourth-order valence-corrected chi connectivity index (χ4v) is 2.68. The first-order chi connectivity index (χ1) is 11.4. The summed E-state index contributed by atoms with van der Waals surface area (Å²) >= 11 is 0. The second-order valence-electron chi connectivity index (χ2n) is 5.43. The molecule has 2 aromatic rings. The van der Waals surface area contributed by atoms with E-state index < -0.39 is 17.8 Å². The topological polar surface area (TPSA) is 80.2 Å². The number of benzene rings is 1. The van der Waals surface area contributed by atoms with Crippen molar-refractivity contribution in [3.8, 4) is 5.69 Å². The number of imide groups is 2. The van der Waals surface area contributed by atoms with E-state index in [-0.39, 0.29) is 11.4 Å². The molecule has 4 amide bonds. The Morgan fingerprint density at radius 3 is 2.17 bits per heavy atom. The third kappa shape index (κ3) is 2.71. The summed E-state index contributed by atoms with van der Waals surface area (Å²) in [6.07, 6.45) is 1.43. The van der Waals surface area contributed by atoms with Crippen molar-refractivity contribution < 1.29 is 18.8 Å². The summed E-state index contributed by atoms with van der Waals surface area (Å²) in [6.45, 7) is 3.69. The number of aromatic nitrogens is 1. The third-order valence-corrected chi connectivity index (χ3v) is 3.80. The lowest BCUT2D eigenvalue weighted by Gasteiger charge is -2.14. The van der Waals surface area contributed by atoms with Crippen molar-refractivity contribution in [1.29, 1.82) is 0 Å². The van der Waals surface area contributed by atoms with Crippen molar-refractivity contribution >= 4 is 23.9 Å². The van der Waals surface area contributed by atoms with E-state index in [1.165, 1.54) is 18.2 Å². The highest BCUT2D eigenvalue weighted by Gasteiger charge is 2.28. The Labute approximate surface area is 137 Å². The number of urea groups is 1. The maximum Gasteiger partial charge on any atom is 0.328 e. The summed E-state index contributed by atoms with van der Waals surface area (Å²) in [4.78, 5) is 34.7. The summed E-state index contributed by atoms with van der Waals surface area (Å²) in [5.41, 5.74) is 2.92. The van der Waals surface area contributed by atoms with Gasteiger partial charge in [0.05, 0.1) is 0 Å². The molecule has 2 heterocycles. The third-order valence-electron chi connectivity index (χ3n) is 3.80. The number of barbiturate groups is 1. The van der Waals surface area contributed by atoms with Crippen LogP contribution in [0.15, 0.2) is 35.9 Å². The quantitative estimate of drug-likeness (QED) is 0.654. The van der Waals surface area contributed by atoms with E-state index in [0.717, 1.165) is 17.1 Å². The molecular weight excluding hydrogens is 313 g/mol. The minimum atomic E-state index is -0.834. The lowest BCUT2D eigenvalue weighted by Crippen LogP contribution is -2.51. The van der Waals surface area contributed by atoms with Crippen LogP contribution in [-0.2, 0) is 9.59 Å². The first-order valence-corrected chi connectivity index (χ1v) is 7.20. The molecule has 0 bridgehead atoms. The number of carbonyl (C=O) groups is 3. The number of nitrogens with zero attached hydrogens (tertiary/aromatic N) is 1. The summed E-state index contributed by atoms with van der Waals surface area (Å²) in [5, 5.41) is 4.06. The van der Waals surface area contributed by atoms with Crippen LogP contribution in [0.1, 0.15) is 17.0 Å². The Balaban J connectivity index is 2.05. The van der Waals surface area contributed by atoms with Gasteiger partial charge < -0.3 is 4.57 Å². The molecule has 1 aromatic carbocycles. The number of halogens is 1. The standard InChI is InChI=1S/C17H14FN3O3/c1-9-7-11(8-14-15(22)19-17(24)20-16(14)23)10(2)21(9)13-5-3-12(18)4-6-13/h3-8H,1-2H3,(H2,19,20,22,23,24). The lowest BCUT2D eigenvalue weighted by atomic mass is 10.1. The van der Waals surface area contributed by atoms with Crippen LogP contribution in [0.4, 0.5) is 9.18 Å². The highest BCUT2D eigenvalue weighted by molar-refractivity contribution is 6.31. The normalized spacial score (nSPS) is 14.5. The van der Waals surface area contributed by atoms with Crippen LogP contribution in [0.3, 0.4) is 0 Å². The second kappa shape index (κ2) is 5.77. The molecule has 122 valence electrons. The molecule has 7 heteroatoms. The monoisotopic (exact) mass is 327 g/mol. The molecule has 0 atom stereocenters. The lowest BCUT2D eigenvalue weighted by molar-refractivity contribution is -0.123. The molecule has 6 nitrogen and oxygen atoms in total. The average Bonchev–Trinajstić information content (AvgIpc) is 2.78. The maximum absolute atomic E-state index is 13.1. The molecule has 0 aliphatic carbocycles. The second-order valence-corrected chi connectivity index (χ2v) is 5.43. The Morgan fingerprint density at radius 1 is 1.00 bits per heavy atom. The number of hydrogen-bond donors (Lipinski definition) is 2. The zero-order valence-electron chi connectivity index (χ0n) is 13.0. The van der Waals surface area contributed by atoms with Gasteiger partial charge in [0.1, 0.15) is 11.4 Å². The molecule has 24 heavy (non-hydrogen) atoms. The Bertz CT molecular complexity index is 873. The van der Waals surface area contributed by atoms with E-state index in [4.69, 9.17) is 0 Å². The van der Waals surface area contributed by atoms with Gasteiger partial charge in [-0.05, 0) is 55.8 Å². The van der Waals surface area contributed by atoms with Crippen molar-refractivity contribution in [3.63, 3.8) is 0 Å². The molecule has 0 spiro atoms. The highest BCUT2D eigenvalue weighted by atomic mass is 19.1. The number of nitrogens with one attached hydrogen (secondary N) is 2. The van der Waals surface area contributed by atoms with Crippen LogP contribution >= 0.6 is 0 Å². The van der Waals surface area contributed by atoms with Crippen LogP contribution in [0.25, 0.3) is 11.8 Å². The van der Waals surface area contributed by atoms with Gasteiger partial charge in [-0.3, -0.25) is 20.2 Å². The van der Waals surface area contributed by atoms with Gasteiger partial charge in [-0.1, -0.05) is 0 Å².